The first-order chi connectivity index (χ1) is 8.90. The Hall–Kier alpha value is -0.173. The molecule has 1 rings (SSSR count). The van der Waals surface area contributed by atoms with Crippen LogP contribution >= 0.6 is 15.9 Å². The molecule has 0 saturated carbocycles. The maximum Gasteiger partial charge on any atom is 0.195 e. The molecule has 0 amide bonds. The van der Waals surface area contributed by atoms with Gasteiger partial charge in [0.15, 0.2) is 8.24 Å². The lowest BCUT2D eigenvalue weighted by molar-refractivity contribution is 0.591. The molecule has 0 aliphatic carbocycles. The Morgan fingerprint density at radius 2 is 1.60 bits per heavy atom. The summed E-state index contributed by atoms with van der Waals surface area (Å²) in [4.78, 5) is 0.774. The van der Waals surface area contributed by atoms with Crippen molar-refractivity contribution in [3.05, 3.63) is 28.7 Å². The van der Waals surface area contributed by atoms with Crippen molar-refractivity contribution in [2.45, 2.75) is 43.8 Å². The van der Waals surface area contributed by atoms with Crippen LogP contribution < -0.4 is 0 Å². The minimum Gasteiger partial charge on any atom is -0.261 e. The molecule has 0 heterocycles. The number of halogens is 1. The van der Waals surface area contributed by atoms with Crippen LogP contribution in [-0.4, -0.2) is 30.8 Å². The largest absolute Gasteiger partial charge is 0.261 e. The molecule has 0 N–H and O–H groups in total. The minimum absolute atomic E-state index is 0.0705. The Bertz CT molecular complexity index is 582. The summed E-state index contributed by atoms with van der Waals surface area (Å²) >= 11 is 3.41. The molecular formula is C14H25BrN2OSSi. The molecule has 1 aromatic rings. The van der Waals surface area contributed by atoms with E-state index in [0.29, 0.717) is 0 Å². The van der Waals surface area contributed by atoms with Gasteiger partial charge in [0.25, 0.3) is 0 Å². The number of hydrogen-bond donors (Lipinski definition) is 0. The Morgan fingerprint density at radius 3 is 1.95 bits per heavy atom. The molecule has 0 fully saturated rings. The predicted octanol–water partition coefficient (Wildman–Crippen LogP) is 4.76. The van der Waals surface area contributed by atoms with E-state index >= 15 is 0 Å². The van der Waals surface area contributed by atoms with E-state index in [4.69, 9.17) is 4.03 Å². The zero-order valence-electron chi connectivity index (χ0n) is 13.4. The highest BCUT2D eigenvalue weighted by Crippen LogP contribution is 2.38. The first-order valence-electron chi connectivity index (χ1n) is 6.61. The third kappa shape index (κ3) is 3.72. The molecule has 0 spiro atoms. The van der Waals surface area contributed by atoms with Gasteiger partial charge in [0.1, 0.15) is 9.92 Å². The van der Waals surface area contributed by atoms with Crippen molar-refractivity contribution in [2.75, 3.05) is 14.1 Å². The van der Waals surface area contributed by atoms with E-state index in [-0.39, 0.29) is 5.04 Å². The van der Waals surface area contributed by atoms with E-state index < -0.39 is 18.2 Å². The van der Waals surface area contributed by atoms with E-state index in [2.05, 4.69) is 49.8 Å². The zero-order valence-corrected chi connectivity index (χ0v) is 16.8. The minimum atomic E-state index is -2.54. The number of benzene rings is 1. The second-order valence-electron chi connectivity index (χ2n) is 6.66. The van der Waals surface area contributed by atoms with Gasteiger partial charge in [-0.15, -0.1) is 0 Å². The lowest BCUT2D eigenvalue weighted by atomic mass is 10.2. The average Bonchev–Trinajstić information content (AvgIpc) is 2.27. The average molecular weight is 377 g/mol. The van der Waals surface area contributed by atoms with Gasteiger partial charge in [0, 0.05) is 18.6 Å². The van der Waals surface area contributed by atoms with Gasteiger partial charge in [0.2, 0.25) is 0 Å². The van der Waals surface area contributed by atoms with Crippen molar-refractivity contribution in [1.29, 1.82) is 0 Å². The monoisotopic (exact) mass is 376 g/mol. The van der Waals surface area contributed by atoms with E-state index in [1.807, 2.05) is 38.4 Å². The molecular weight excluding hydrogens is 352 g/mol. The van der Waals surface area contributed by atoms with Gasteiger partial charge in [-0.25, -0.2) is 8.51 Å². The smallest absolute Gasteiger partial charge is 0.195 e. The second-order valence-corrected chi connectivity index (χ2v) is 15.1. The van der Waals surface area contributed by atoms with Crippen molar-refractivity contribution in [2.24, 2.45) is 4.03 Å². The molecule has 3 nitrogen and oxygen atoms in total. The van der Waals surface area contributed by atoms with Gasteiger partial charge in [-0.3, -0.25) is 4.03 Å². The van der Waals surface area contributed by atoms with Gasteiger partial charge in [0.05, 0.1) is 4.90 Å². The van der Waals surface area contributed by atoms with Crippen LogP contribution in [0.5, 0.6) is 0 Å². The highest BCUT2D eigenvalue weighted by Gasteiger charge is 2.38. The number of hydrogen-bond acceptors (Lipinski definition) is 2. The molecule has 0 aliphatic rings. The fourth-order valence-electron chi connectivity index (χ4n) is 1.40. The molecule has 6 heteroatoms. The van der Waals surface area contributed by atoms with Crippen LogP contribution in [-0.2, 0) is 9.92 Å². The highest BCUT2D eigenvalue weighted by atomic mass is 79.9. The first-order valence-corrected chi connectivity index (χ1v) is 11.8. The van der Waals surface area contributed by atoms with Crippen molar-refractivity contribution < 1.29 is 4.21 Å². The van der Waals surface area contributed by atoms with Crippen LogP contribution in [0.3, 0.4) is 0 Å². The maximum absolute atomic E-state index is 13.4. The summed E-state index contributed by atoms with van der Waals surface area (Å²) in [5, 5.41) is 0.0705. The fourth-order valence-corrected chi connectivity index (χ4v) is 7.22. The van der Waals surface area contributed by atoms with Gasteiger partial charge in [-0.1, -0.05) is 36.7 Å². The molecule has 20 heavy (non-hydrogen) atoms. The van der Waals surface area contributed by atoms with Crippen LogP contribution in [0, 0.1) is 0 Å². The van der Waals surface area contributed by atoms with Crippen molar-refractivity contribution in [3.63, 3.8) is 0 Å². The zero-order chi connectivity index (χ0) is 15.8. The summed E-state index contributed by atoms with van der Waals surface area (Å²) in [6, 6.07) is 7.62. The van der Waals surface area contributed by atoms with Gasteiger partial charge < -0.3 is 0 Å². The van der Waals surface area contributed by atoms with Crippen molar-refractivity contribution >= 4 is 34.1 Å². The van der Waals surface area contributed by atoms with Crippen LogP contribution in [0.1, 0.15) is 20.8 Å². The van der Waals surface area contributed by atoms with Crippen LogP contribution in [0.2, 0.25) is 18.1 Å². The Morgan fingerprint density at radius 1 is 1.15 bits per heavy atom. The summed E-state index contributed by atoms with van der Waals surface area (Å²) < 4.78 is 21.1. The third-order valence-electron chi connectivity index (χ3n) is 3.80. The van der Waals surface area contributed by atoms with Crippen molar-refractivity contribution in [1.82, 2.24) is 4.31 Å². The topological polar surface area (TPSA) is 32.7 Å². The van der Waals surface area contributed by atoms with Crippen molar-refractivity contribution in [3.8, 4) is 0 Å². The van der Waals surface area contributed by atoms with Gasteiger partial charge in [-0.05, 0) is 42.4 Å². The highest BCUT2D eigenvalue weighted by molar-refractivity contribution is 9.10. The third-order valence-corrected chi connectivity index (χ3v) is 12.7. The normalized spacial score (nSPS) is 16.1. The van der Waals surface area contributed by atoms with Crippen LogP contribution in [0.25, 0.3) is 0 Å². The van der Waals surface area contributed by atoms with Crippen LogP contribution in [0.15, 0.2) is 37.7 Å². The molecule has 0 saturated heterocycles. The van der Waals surface area contributed by atoms with Gasteiger partial charge >= 0.3 is 0 Å². The number of rotatable bonds is 3. The van der Waals surface area contributed by atoms with E-state index in [0.717, 1.165) is 9.37 Å². The summed E-state index contributed by atoms with van der Waals surface area (Å²) in [5.74, 6) is 0. The Kier molecular flexibility index (Phi) is 5.28. The molecule has 0 radical (unpaired) electrons. The Labute approximate surface area is 133 Å². The SMILES string of the molecule is CN(C)S(=O)(=N[Si](C)(C)C(C)(C)C)c1ccc(Br)cc1. The van der Waals surface area contributed by atoms with Crippen LogP contribution in [0.4, 0.5) is 0 Å². The summed E-state index contributed by atoms with van der Waals surface area (Å²) in [6.07, 6.45) is 0. The van der Waals surface area contributed by atoms with Gasteiger partial charge in [-0.2, -0.15) is 0 Å². The van der Waals surface area contributed by atoms with E-state index in [1.165, 1.54) is 0 Å². The molecule has 0 aliphatic heterocycles. The summed E-state index contributed by atoms with van der Waals surface area (Å²) in [5.41, 5.74) is 0. The predicted molar refractivity (Wildman–Crippen MR) is 93.9 cm³/mol. The number of nitrogens with zero attached hydrogens (tertiary/aromatic N) is 2. The van der Waals surface area contributed by atoms with E-state index in [1.54, 1.807) is 4.31 Å². The maximum atomic E-state index is 13.4. The van der Waals surface area contributed by atoms with E-state index in [9.17, 15) is 4.21 Å². The molecule has 114 valence electrons. The second kappa shape index (κ2) is 5.91. The molecule has 0 aromatic heterocycles. The lowest BCUT2D eigenvalue weighted by Gasteiger charge is -2.34. The standard InChI is InChI=1S/C14H25BrN2OSSi/c1-14(2,3)20(6,7)16-19(18,17(4)5)13-10-8-12(15)9-11-13/h8-11H,1-7H3. The quantitative estimate of drug-likeness (QED) is 0.699. The lowest BCUT2D eigenvalue weighted by Crippen LogP contribution is -2.38. The first kappa shape index (κ1) is 17.9. The molecule has 1 aromatic carbocycles. The summed E-state index contributed by atoms with van der Waals surface area (Å²) in [7, 11) is -0.877. The molecule has 0 bridgehead atoms. The molecule has 1 unspecified atom stereocenters. The Balaban J connectivity index is 3.52. The fraction of sp³-hybridized carbons (Fsp3) is 0.571. The molecule has 1 atom stereocenters. The summed E-state index contributed by atoms with van der Waals surface area (Å²) in [6.45, 7) is 10.9.